The number of esters is 1. The number of methoxy groups -OCH3 is 1. The molecule has 6 nitrogen and oxygen atoms in total. The van der Waals surface area contributed by atoms with Gasteiger partial charge in [-0.1, -0.05) is 0 Å². The van der Waals surface area contributed by atoms with Crippen molar-refractivity contribution in [3.63, 3.8) is 0 Å². The minimum atomic E-state index is -0.448. The zero-order chi connectivity index (χ0) is 10.8. The number of aromatic nitrogens is 4. The quantitative estimate of drug-likeness (QED) is 0.667. The van der Waals surface area contributed by atoms with Crippen LogP contribution < -0.4 is 0 Å². The highest BCUT2D eigenvalue weighted by Gasteiger charge is 2.10. The van der Waals surface area contributed by atoms with Crippen molar-refractivity contribution < 1.29 is 9.53 Å². The summed E-state index contributed by atoms with van der Waals surface area (Å²) in [7, 11) is 3.14. The molecular weight excluding hydrogens is 196 g/mol. The normalized spacial score (nSPS) is 10.3. The maximum atomic E-state index is 11.2. The van der Waals surface area contributed by atoms with Gasteiger partial charge in [0, 0.05) is 19.3 Å². The molecule has 2 rings (SSSR count). The number of carbonyl (C=O) groups excluding carboxylic acids is 1. The third kappa shape index (κ3) is 1.61. The Bertz CT molecular complexity index is 486. The summed E-state index contributed by atoms with van der Waals surface area (Å²) in [5.74, 6) is 0.383. The first kappa shape index (κ1) is 9.45. The van der Waals surface area contributed by atoms with E-state index in [1.807, 2.05) is 13.1 Å². The van der Waals surface area contributed by atoms with Crippen molar-refractivity contribution in [1.29, 1.82) is 0 Å². The van der Waals surface area contributed by atoms with Crippen LogP contribution in [0.4, 0.5) is 0 Å². The second kappa shape index (κ2) is 3.56. The third-order valence-corrected chi connectivity index (χ3v) is 2.04. The van der Waals surface area contributed by atoms with E-state index in [1.54, 1.807) is 28.0 Å². The van der Waals surface area contributed by atoms with Crippen molar-refractivity contribution >= 4 is 5.97 Å². The molecule has 0 aliphatic rings. The van der Waals surface area contributed by atoms with Crippen LogP contribution in [0.5, 0.6) is 0 Å². The maximum Gasteiger partial charge on any atom is 0.358 e. The monoisotopic (exact) mass is 206 g/mol. The molecule has 0 aliphatic heterocycles. The number of carbonyl (C=O) groups is 1. The number of nitrogens with zero attached hydrogens (tertiary/aromatic N) is 4. The Morgan fingerprint density at radius 3 is 2.93 bits per heavy atom. The molecule has 15 heavy (non-hydrogen) atoms. The smallest absolute Gasteiger partial charge is 0.358 e. The molecule has 0 saturated heterocycles. The Balaban J connectivity index is 2.36. The number of hydrogen-bond donors (Lipinski definition) is 0. The zero-order valence-corrected chi connectivity index (χ0v) is 8.41. The van der Waals surface area contributed by atoms with Crippen LogP contribution >= 0.6 is 0 Å². The van der Waals surface area contributed by atoms with Crippen LogP contribution in [0, 0.1) is 0 Å². The number of aryl methyl sites for hydroxylation is 1. The zero-order valence-electron chi connectivity index (χ0n) is 8.41. The van der Waals surface area contributed by atoms with Crippen LogP contribution in [0.25, 0.3) is 5.82 Å². The predicted molar refractivity (Wildman–Crippen MR) is 51.7 cm³/mol. The van der Waals surface area contributed by atoms with Crippen molar-refractivity contribution in [3.05, 3.63) is 30.5 Å². The van der Waals surface area contributed by atoms with E-state index in [-0.39, 0.29) is 5.69 Å². The second-order valence-corrected chi connectivity index (χ2v) is 2.97. The summed E-state index contributed by atoms with van der Waals surface area (Å²) < 4.78 is 7.95. The van der Waals surface area contributed by atoms with Gasteiger partial charge in [0.15, 0.2) is 5.69 Å². The minimum absolute atomic E-state index is 0.277. The van der Waals surface area contributed by atoms with Crippen molar-refractivity contribution in [3.8, 4) is 5.82 Å². The van der Waals surface area contributed by atoms with Crippen molar-refractivity contribution in [2.45, 2.75) is 0 Å². The molecule has 0 unspecified atom stereocenters. The summed E-state index contributed by atoms with van der Waals surface area (Å²) in [5.41, 5.74) is 0.277. The molecule has 0 aliphatic carbocycles. The van der Waals surface area contributed by atoms with Crippen LogP contribution in [-0.4, -0.2) is 32.4 Å². The Kier molecular flexibility index (Phi) is 2.24. The summed E-state index contributed by atoms with van der Waals surface area (Å²) in [6, 6.07) is 1.82. The van der Waals surface area contributed by atoms with E-state index in [2.05, 4.69) is 14.8 Å². The van der Waals surface area contributed by atoms with Gasteiger partial charge in [-0.25, -0.2) is 9.78 Å². The SMILES string of the molecule is COC(=O)c1cn(-c2ccnn2C)cn1. The summed E-state index contributed by atoms with van der Waals surface area (Å²) in [4.78, 5) is 15.1. The number of imidazole rings is 1. The molecule has 0 atom stereocenters. The average Bonchev–Trinajstić information content (AvgIpc) is 2.84. The fraction of sp³-hybridized carbons (Fsp3) is 0.222. The molecule has 0 spiro atoms. The predicted octanol–water partition coefficient (Wildman–Crippen LogP) is 0.392. The van der Waals surface area contributed by atoms with Gasteiger partial charge in [-0.05, 0) is 0 Å². The molecule has 0 aromatic carbocycles. The largest absolute Gasteiger partial charge is 0.464 e. The van der Waals surface area contributed by atoms with E-state index in [1.165, 1.54) is 7.11 Å². The molecule has 0 saturated carbocycles. The first-order valence-electron chi connectivity index (χ1n) is 4.33. The van der Waals surface area contributed by atoms with Crippen LogP contribution in [0.15, 0.2) is 24.8 Å². The van der Waals surface area contributed by atoms with Gasteiger partial charge in [-0.15, -0.1) is 0 Å². The first-order chi connectivity index (χ1) is 7.22. The molecule has 0 fully saturated rings. The lowest BCUT2D eigenvalue weighted by Gasteiger charge is -2.00. The van der Waals surface area contributed by atoms with Gasteiger partial charge in [-0.3, -0.25) is 9.25 Å². The fourth-order valence-corrected chi connectivity index (χ4v) is 1.28. The van der Waals surface area contributed by atoms with Gasteiger partial charge in [0.2, 0.25) is 0 Å². The van der Waals surface area contributed by atoms with Crippen molar-refractivity contribution in [2.24, 2.45) is 7.05 Å². The van der Waals surface area contributed by atoms with Crippen LogP contribution in [0.1, 0.15) is 10.5 Å². The molecule has 0 N–H and O–H groups in total. The molecule has 0 radical (unpaired) electrons. The Morgan fingerprint density at radius 1 is 1.53 bits per heavy atom. The van der Waals surface area contributed by atoms with Crippen LogP contribution in [0.3, 0.4) is 0 Å². The Morgan fingerprint density at radius 2 is 2.33 bits per heavy atom. The van der Waals surface area contributed by atoms with E-state index in [0.717, 1.165) is 5.82 Å². The molecule has 78 valence electrons. The first-order valence-corrected chi connectivity index (χ1v) is 4.33. The van der Waals surface area contributed by atoms with Gasteiger partial charge in [-0.2, -0.15) is 5.10 Å². The lowest BCUT2D eigenvalue weighted by Crippen LogP contribution is -2.02. The van der Waals surface area contributed by atoms with E-state index >= 15 is 0 Å². The van der Waals surface area contributed by atoms with Gasteiger partial charge < -0.3 is 4.74 Å². The Hall–Kier alpha value is -2.11. The van der Waals surface area contributed by atoms with Crippen molar-refractivity contribution in [2.75, 3.05) is 7.11 Å². The molecule has 2 aromatic rings. The van der Waals surface area contributed by atoms with Crippen LogP contribution in [0.2, 0.25) is 0 Å². The molecule has 0 bridgehead atoms. The standard InChI is InChI=1S/C9H10N4O2/c1-12-8(3-4-11-12)13-5-7(10-6-13)9(14)15-2/h3-6H,1-2H3. The lowest BCUT2D eigenvalue weighted by atomic mass is 10.5. The fourth-order valence-electron chi connectivity index (χ4n) is 1.28. The highest BCUT2D eigenvalue weighted by atomic mass is 16.5. The lowest BCUT2D eigenvalue weighted by molar-refractivity contribution is 0.0594. The molecule has 2 heterocycles. The van der Waals surface area contributed by atoms with Gasteiger partial charge >= 0.3 is 5.97 Å². The van der Waals surface area contributed by atoms with E-state index in [4.69, 9.17) is 0 Å². The molecule has 0 amide bonds. The minimum Gasteiger partial charge on any atom is -0.464 e. The summed E-state index contributed by atoms with van der Waals surface area (Å²) in [6.45, 7) is 0. The van der Waals surface area contributed by atoms with Crippen molar-refractivity contribution in [1.82, 2.24) is 19.3 Å². The average molecular weight is 206 g/mol. The van der Waals surface area contributed by atoms with Crippen LogP contribution in [-0.2, 0) is 11.8 Å². The third-order valence-electron chi connectivity index (χ3n) is 2.04. The topological polar surface area (TPSA) is 61.9 Å². The molecule has 6 heteroatoms. The molecule has 2 aromatic heterocycles. The summed E-state index contributed by atoms with van der Waals surface area (Å²) in [6.07, 6.45) is 4.82. The highest BCUT2D eigenvalue weighted by Crippen LogP contribution is 2.07. The van der Waals surface area contributed by atoms with Gasteiger partial charge in [0.25, 0.3) is 0 Å². The summed E-state index contributed by atoms with van der Waals surface area (Å²) >= 11 is 0. The highest BCUT2D eigenvalue weighted by molar-refractivity contribution is 5.86. The Labute approximate surface area is 86.1 Å². The number of rotatable bonds is 2. The van der Waals surface area contributed by atoms with Gasteiger partial charge in [0.1, 0.15) is 12.1 Å². The van der Waals surface area contributed by atoms with E-state index < -0.39 is 5.97 Å². The second-order valence-electron chi connectivity index (χ2n) is 2.97. The summed E-state index contributed by atoms with van der Waals surface area (Å²) in [5, 5.41) is 4.02. The number of ether oxygens (including phenoxy) is 1. The van der Waals surface area contributed by atoms with E-state index in [0.29, 0.717) is 0 Å². The maximum absolute atomic E-state index is 11.2. The number of hydrogen-bond acceptors (Lipinski definition) is 4. The van der Waals surface area contributed by atoms with Gasteiger partial charge in [0.05, 0.1) is 13.3 Å². The molecular formula is C9H10N4O2. The van der Waals surface area contributed by atoms with E-state index in [9.17, 15) is 4.79 Å².